The SMILES string of the molecule is CC(CCCN)NS(=O)(=O)CC(C)(C)C. The number of sulfonamides is 1. The van der Waals surface area contributed by atoms with E-state index in [4.69, 9.17) is 5.73 Å². The molecule has 0 radical (unpaired) electrons. The molecular formula is C10H24N2O2S. The van der Waals surface area contributed by atoms with E-state index in [1.54, 1.807) is 0 Å². The van der Waals surface area contributed by atoms with Crippen molar-refractivity contribution in [3.05, 3.63) is 0 Å². The Morgan fingerprint density at radius 3 is 2.27 bits per heavy atom. The molecule has 0 rings (SSSR count). The Bertz CT molecular complexity index is 268. The topological polar surface area (TPSA) is 72.2 Å². The summed E-state index contributed by atoms with van der Waals surface area (Å²) in [4.78, 5) is 0. The van der Waals surface area contributed by atoms with Crippen LogP contribution in [0, 0.1) is 5.41 Å². The molecule has 0 saturated heterocycles. The Morgan fingerprint density at radius 1 is 1.33 bits per heavy atom. The van der Waals surface area contributed by atoms with E-state index in [9.17, 15) is 8.42 Å². The van der Waals surface area contributed by atoms with Gasteiger partial charge in [0.2, 0.25) is 10.0 Å². The molecule has 0 amide bonds. The summed E-state index contributed by atoms with van der Waals surface area (Å²) in [5, 5.41) is 0. The van der Waals surface area contributed by atoms with Gasteiger partial charge in [-0.1, -0.05) is 20.8 Å². The van der Waals surface area contributed by atoms with Crippen LogP contribution in [0.1, 0.15) is 40.5 Å². The summed E-state index contributed by atoms with van der Waals surface area (Å²) in [6.07, 6.45) is 1.64. The molecule has 15 heavy (non-hydrogen) atoms. The monoisotopic (exact) mass is 236 g/mol. The standard InChI is InChI=1S/C10H24N2O2S/c1-9(6-5-7-11)12-15(13,14)8-10(2,3)4/h9,12H,5-8,11H2,1-4H3. The van der Waals surface area contributed by atoms with Gasteiger partial charge in [0.1, 0.15) is 0 Å². The lowest BCUT2D eigenvalue weighted by atomic mass is 10.0. The van der Waals surface area contributed by atoms with Crippen molar-refractivity contribution < 1.29 is 8.42 Å². The van der Waals surface area contributed by atoms with Crippen LogP contribution in [0.15, 0.2) is 0 Å². The van der Waals surface area contributed by atoms with Crippen LogP contribution < -0.4 is 10.5 Å². The Labute approximate surface area is 93.7 Å². The summed E-state index contributed by atoms with van der Waals surface area (Å²) in [7, 11) is -3.16. The fourth-order valence-electron chi connectivity index (χ4n) is 1.40. The van der Waals surface area contributed by atoms with Crippen molar-refractivity contribution in [1.82, 2.24) is 4.72 Å². The Balaban J connectivity index is 4.15. The molecule has 0 aromatic carbocycles. The van der Waals surface area contributed by atoms with Gasteiger partial charge in [0, 0.05) is 6.04 Å². The van der Waals surface area contributed by atoms with Gasteiger partial charge >= 0.3 is 0 Å². The third-order valence-corrected chi connectivity index (χ3v) is 3.85. The fraction of sp³-hybridized carbons (Fsp3) is 1.00. The summed E-state index contributed by atoms with van der Waals surface area (Å²) < 4.78 is 26.0. The lowest BCUT2D eigenvalue weighted by Crippen LogP contribution is -2.38. The van der Waals surface area contributed by atoms with Crippen molar-refractivity contribution >= 4 is 10.0 Å². The third kappa shape index (κ3) is 8.84. The van der Waals surface area contributed by atoms with Crippen molar-refractivity contribution in [2.24, 2.45) is 11.1 Å². The zero-order chi connectivity index (χ0) is 12.1. The van der Waals surface area contributed by atoms with Crippen LogP contribution >= 0.6 is 0 Å². The van der Waals surface area contributed by atoms with Gasteiger partial charge in [-0.2, -0.15) is 0 Å². The van der Waals surface area contributed by atoms with E-state index in [0.29, 0.717) is 6.54 Å². The van der Waals surface area contributed by atoms with Crippen LogP contribution in [-0.2, 0) is 10.0 Å². The highest BCUT2D eigenvalue weighted by Crippen LogP contribution is 2.15. The second-order valence-electron chi connectivity index (χ2n) is 5.27. The molecule has 4 nitrogen and oxygen atoms in total. The minimum absolute atomic E-state index is 0.0269. The van der Waals surface area contributed by atoms with E-state index < -0.39 is 10.0 Å². The molecule has 0 aromatic heterocycles. The molecule has 5 heteroatoms. The fourth-order valence-corrected chi connectivity index (χ4v) is 3.36. The minimum Gasteiger partial charge on any atom is -0.330 e. The number of hydrogen-bond acceptors (Lipinski definition) is 3. The van der Waals surface area contributed by atoms with Crippen LogP contribution in [0.5, 0.6) is 0 Å². The normalized spacial score (nSPS) is 15.3. The average Bonchev–Trinajstić information content (AvgIpc) is 1.94. The molecule has 0 aliphatic heterocycles. The van der Waals surface area contributed by atoms with Crippen LogP contribution in [0.4, 0.5) is 0 Å². The summed E-state index contributed by atoms with van der Waals surface area (Å²) in [5.41, 5.74) is 5.16. The Kier molecular flexibility index (Phi) is 5.77. The largest absolute Gasteiger partial charge is 0.330 e. The van der Waals surface area contributed by atoms with Crippen LogP contribution in [0.2, 0.25) is 0 Å². The predicted molar refractivity (Wildman–Crippen MR) is 64.1 cm³/mol. The van der Waals surface area contributed by atoms with Gasteiger partial charge in [0.05, 0.1) is 5.75 Å². The second kappa shape index (κ2) is 5.82. The zero-order valence-corrected chi connectivity index (χ0v) is 11.0. The van der Waals surface area contributed by atoms with Crippen molar-refractivity contribution in [2.75, 3.05) is 12.3 Å². The average molecular weight is 236 g/mol. The first-order chi connectivity index (χ1) is 6.66. The number of nitrogens with two attached hydrogens (primary N) is 1. The van der Waals surface area contributed by atoms with Gasteiger partial charge in [-0.15, -0.1) is 0 Å². The molecule has 0 aliphatic rings. The maximum Gasteiger partial charge on any atom is 0.212 e. The highest BCUT2D eigenvalue weighted by atomic mass is 32.2. The summed E-state index contributed by atoms with van der Waals surface area (Å²) in [5.74, 6) is 0.160. The van der Waals surface area contributed by atoms with Crippen LogP contribution in [-0.4, -0.2) is 26.8 Å². The van der Waals surface area contributed by atoms with E-state index in [2.05, 4.69) is 4.72 Å². The van der Waals surface area contributed by atoms with Crippen molar-refractivity contribution in [3.8, 4) is 0 Å². The molecule has 0 bridgehead atoms. The zero-order valence-electron chi connectivity index (χ0n) is 10.2. The highest BCUT2D eigenvalue weighted by Gasteiger charge is 2.22. The maximum absolute atomic E-state index is 11.7. The van der Waals surface area contributed by atoms with Gasteiger partial charge in [-0.25, -0.2) is 13.1 Å². The van der Waals surface area contributed by atoms with E-state index in [1.807, 2.05) is 27.7 Å². The first-order valence-corrected chi connectivity index (χ1v) is 7.01. The lowest BCUT2D eigenvalue weighted by Gasteiger charge is -2.20. The molecular weight excluding hydrogens is 212 g/mol. The molecule has 0 aliphatic carbocycles. The van der Waals surface area contributed by atoms with E-state index in [-0.39, 0.29) is 17.2 Å². The number of hydrogen-bond donors (Lipinski definition) is 2. The molecule has 3 N–H and O–H groups in total. The second-order valence-corrected chi connectivity index (χ2v) is 7.02. The number of rotatable bonds is 6. The third-order valence-electron chi connectivity index (χ3n) is 1.85. The van der Waals surface area contributed by atoms with Gasteiger partial charge in [0.25, 0.3) is 0 Å². The first kappa shape index (κ1) is 14.9. The van der Waals surface area contributed by atoms with Crippen LogP contribution in [0.3, 0.4) is 0 Å². The highest BCUT2D eigenvalue weighted by molar-refractivity contribution is 7.89. The van der Waals surface area contributed by atoms with Gasteiger partial charge in [-0.05, 0) is 31.7 Å². The predicted octanol–water partition coefficient (Wildman–Crippen LogP) is 1.08. The number of nitrogens with one attached hydrogen (secondary N) is 1. The van der Waals surface area contributed by atoms with Crippen LogP contribution in [0.25, 0.3) is 0 Å². The summed E-state index contributed by atoms with van der Waals surface area (Å²) >= 11 is 0. The van der Waals surface area contributed by atoms with E-state index >= 15 is 0 Å². The van der Waals surface area contributed by atoms with Crippen molar-refractivity contribution in [2.45, 2.75) is 46.6 Å². The van der Waals surface area contributed by atoms with Gasteiger partial charge < -0.3 is 5.73 Å². The molecule has 0 heterocycles. The molecule has 1 unspecified atom stereocenters. The molecule has 0 aromatic rings. The van der Waals surface area contributed by atoms with E-state index in [0.717, 1.165) is 12.8 Å². The Morgan fingerprint density at radius 2 is 1.87 bits per heavy atom. The van der Waals surface area contributed by atoms with Gasteiger partial charge in [-0.3, -0.25) is 0 Å². The quantitative estimate of drug-likeness (QED) is 0.725. The summed E-state index contributed by atoms with van der Waals surface area (Å²) in [6, 6.07) is -0.0269. The minimum atomic E-state index is -3.16. The van der Waals surface area contributed by atoms with Crippen molar-refractivity contribution in [3.63, 3.8) is 0 Å². The first-order valence-electron chi connectivity index (χ1n) is 5.36. The molecule has 0 saturated carbocycles. The summed E-state index contributed by atoms with van der Waals surface area (Å²) in [6.45, 7) is 8.21. The van der Waals surface area contributed by atoms with Crippen molar-refractivity contribution in [1.29, 1.82) is 0 Å². The molecule has 0 fully saturated rings. The molecule has 1 atom stereocenters. The van der Waals surface area contributed by atoms with E-state index in [1.165, 1.54) is 0 Å². The molecule has 92 valence electrons. The molecule has 0 spiro atoms. The lowest BCUT2D eigenvalue weighted by molar-refractivity contribution is 0.452. The maximum atomic E-state index is 11.7. The van der Waals surface area contributed by atoms with Gasteiger partial charge in [0.15, 0.2) is 0 Å². The smallest absolute Gasteiger partial charge is 0.212 e. The Hall–Kier alpha value is -0.130.